The molecule has 1 aliphatic carbocycles. The van der Waals surface area contributed by atoms with Gasteiger partial charge in [-0.05, 0) is 54.5 Å². The van der Waals surface area contributed by atoms with E-state index in [9.17, 15) is 4.79 Å². The van der Waals surface area contributed by atoms with E-state index in [-0.39, 0.29) is 6.03 Å². The molecule has 0 spiro atoms. The van der Waals surface area contributed by atoms with Gasteiger partial charge in [0.2, 0.25) is 0 Å². The molecule has 1 aromatic heterocycles. The van der Waals surface area contributed by atoms with Crippen molar-refractivity contribution in [3.8, 4) is 11.4 Å². The largest absolute Gasteiger partial charge is 0.497 e. The SMILES string of the molecule is CCNC(=O)N(C)C1(c2nnnn2-c2ccc(OC)cc2)CCCCC1. The molecule has 2 aromatic rings. The Morgan fingerprint density at radius 3 is 2.58 bits per heavy atom. The van der Waals surface area contributed by atoms with Gasteiger partial charge >= 0.3 is 6.03 Å². The van der Waals surface area contributed by atoms with Crippen LogP contribution in [0.1, 0.15) is 44.9 Å². The number of tetrazole rings is 1. The van der Waals surface area contributed by atoms with Gasteiger partial charge in [-0.3, -0.25) is 0 Å². The van der Waals surface area contributed by atoms with Crippen molar-refractivity contribution >= 4 is 6.03 Å². The van der Waals surface area contributed by atoms with Gasteiger partial charge < -0.3 is 15.0 Å². The standard InChI is InChI=1S/C18H26N6O2/c1-4-19-17(25)23(2)18(12-6-5-7-13-18)16-20-21-22-24(16)14-8-10-15(26-3)11-9-14/h8-11H,4-7,12-13H2,1-3H3,(H,19,25). The highest BCUT2D eigenvalue weighted by Crippen LogP contribution is 2.41. The number of amides is 2. The summed E-state index contributed by atoms with van der Waals surface area (Å²) in [5.74, 6) is 1.48. The van der Waals surface area contributed by atoms with Crippen molar-refractivity contribution in [1.82, 2.24) is 30.4 Å². The van der Waals surface area contributed by atoms with E-state index in [1.807, 2.05) is 38.2 Å². The lowest BCUT2D eigenvalue weighted by molar-refractivity contribution is 0.0866. The minimum atomic E-state index is -0.513. The summed E-state index contributed by atoms with van der Waals surface area (Å²) in [7, 11) is 3.47. The fourth-order valence-electron chi connectivity index (χ4n) is 3.68. The molecule has 0 aliphatic heterocycles. The van der Waals surface area contributed by atoms with Crippen LogP contribution in [0.3, 0.4) is 0 Å². The molecule has 0 unspecified atom stereocenters. The van der Waals surface area contributed by atoms with Crippen LogP contribution in [0.4, 0.5) is 4.79 Å². The van der Waals surface area contributed by atoms with Crippen molar-refractivity contribution in [3.05, 3.63) is 30.1 Å². The number of carbonyl (C=O) groups is 1. The molecule has 1 saturated carbocycles. The minimum absolute atomic E-state index is 0.0984. The van der Waals surface area contributed by atoms with E-state index in [1.165, 1.54) is 0 Å². The highest BCUT2D eigenvalue weighted by Gasteiger charge is 2.44. The van der Waals surface area contributed by atoms with Crippen LogP contribution in [0, 0.1) is 0 Å². The Kier molecular flexibility index (Phi) is 5.39. The van der Waals surface area contributed by atoms with E-state index in [2.05, 4.69) is 20.8 Å². The first-order valence-electron chi connectivity index (χ1n) is 9.07. The number of carbonyl (C=O) groups excluding carboxylic acids is 1. The van der Waals surface area contributed by atoms with E-state index >= 15 is 0 Å². The molecule has 0 saturated heterocycles. The zero-order valence-corrected chi connectivity index (χ0v) is 15.6. The van der Waals surface area contributed by atoms with Gasteiger partial charge in [0.25, 0.3) is 0 Å². The Labute approximate surface area is 153 Å². The Morgan fingerprint density at radius 2 is 1.96 bits per heavy atom. The van der Waals surface area contributed by atoms with E-state index in [0.717, 1.165) is 43.5 Å². The number of methoxy groups -OCH3 is 1. The molecule has 1 fully saturated rings. The molecule has 1 heterocycles. The van der Waals surface area contributed by atoms with Gasteiger partial charge in [0, 0.05) is 13.6 Å². The third kappa shape index (κ3) is 3.23. The van der Waals surface area contributed by atoms with Gasteiger partial charge in [-0.25, -0.2) is 4.79 Å². The Morgan fingerprint density at radius 1 is 1.27 bits per heavy atom. The maximum absolute atomic E-state index is 12.6. The second kappa shape index (κ2) is 7.72. The number of nitrogens with zero attached hydrogens (tertiary/aromatic N) is 5. The van der Waals surface area contributed by atoms with Crippen LogP contribution in [0.5, 0.6) is 5.75 Å². The minimum Gasteiger partial charge on any atom is -0.497 e. The van der Waals surface area contributed by atoms with Gasteiger partial charge in [0.15, 0.2) is 5.82 Å². The number of benzene rings is 1. The van der Waals surface area contributed by atoms with Crippen LogP contribution in [-0.2, 0) is 5.54 Å². The van der Waals surface area contributed by atoms with Crippen molar-refractivity contribution in [2.45, 2.75) is 44.6 Å². The van der Waals surface area contributed by atoms with Gasteiger partial charge in [0.05, 0.1) is 12.8 Å². The molecule has 1 N–H and O–H groups in total. The predicted octanol–water partition coefficient (Wildman–Crippen LogP) is 2.49. The summed E-state index contributed by atoms with van der Waals surface area (Å²) >= 11 is 0. The van der Waals surface area contributed by atoms with E-state index in [1.54, 1.807) is 16.7 Å². The lowest BCUT2D eigenvalue weighted by Gasteiger charge is -2.43. The summed E-state index contributed by atoms with van der Waals surface area (Å²) in [5, 5.41) is 15.4. The summed E-state index contributed by atoms with van der Waals surface area (Å²) in [5.41, 5.74) is 0.334. The molecule has 1 aliphatic rings. The fourth-order valence-corrected chi connectivity index (χ4v) is 3.68. The van der Waals surface area contributed by atoms with Crippen molar-refractivity contribution in [3.63, 3.8) is 0 Å². The van der Waals surface area contributed by atoms with Gasteiger partial charge in [-0.1, -0.05) is 19.3 Å². The smallest absolute Gasteiger partial charge is 0.317 e. The first-order chi connectivity index (χ1) is 12.6. The Balaban J connectivity index is 2.02. The summed E-state index contributed by atoms with van der Waals surface area (Å²) in [6.45, 7) is 2.50. The molecule has 0 bridgehead atoms. The highest BCUT2D eigenvalue weighted by molar-refractivity contribution is 5.75. The van der Waals surface area contributed by atoms with Crippen LogP contribution >= 0.6 is 0 Å². The highest BCUT2D eigenvalue weighted by atomic mass is 16.5. The lowest BCUT2D eigenvalue weighted by atomic mass is 9.79. The second-order valence-electron chi connectivity index (χ2n) is 6.60. The number of hydrogen-bond acceptors (Lipinski definition) is 5. The molecule has 0 atom stereocenters. The third-order valence-corrected chi connectivity index (χ3v) is 5.16. The number of rotatable bonds is 5. The zero-order chi connectivity index (χ0) is 18.6. The first-order valence-corrected chi connectivity index (χ1v) is 9.07. The van der Waals surface area contributed by atoms with Gasteiger partial charge in [0.1, 0.15) is 11.3 Å². The lowest BCUT2D eigenvalue weighted by Crippen LogP contribution is -2.53. The Bertz CT molecular complexity index is 736. The number of aromatic nitrogens is 4. The van der Waals surface area contributed by atoms with Crippen LogP contribution < -0.4 is 10.1 Å². The topological polar surface area (TPSA) is 85.2 Å². The van der Waals surface area contributed by atoms with Crippen molar-refractivity contribution in [1.29, 1.82) is 0 Å². The molecule has 1 aromatic carbocycles. The molecule has 2 amide bonds. The number of urea groups is 1. The molecule has 8 nitrogen and oxygen atoms in total. The normalized spacial score (nSPS) is 16.1. The van der Waals surface area contributed by atoms with Crippen LogP contribution in [0.15, 0.2) is 24.3 Å². The van der Waals surface area contributed by atoms with Crippen LogP contribution in [0.25, 0.3) is 5.69 Å². The van der Waals surface area contributed by atoms with Crippen molar-refractivity contribution < 1.29 is 9.53 Å². The third-order valence-electron chi connectivity index (χ3n) is 5.16. The predicted molar refractivity (Wildman–Crippen MR) is 97.3 cm³/mol. The molecule has 0 radical (unpaired) electrons. The molecular formula is C18H26N6O2. The summed E-state index contributed by atoms with van der Waals surface area (Å²) in [6, 6.07) is 7.49. The zero-order valence-electron chi connectivity index (χ0n) is 15.6. The molecule has 3 rings (SSSR count). The number of nitrogens with one attached hydrogen (secondary N) is 1. The molecule has 8 heteroatoms. The van der Waals surface area contributed by atoms with Crippen LogP contribution in [0.2, 0.25) is 0 Å². The average molecular weight is 358 g/mol. The second-order valence-corrected chi connectivity index (χ2v) is 6.60. The number of hydrogen-bond donors (Lipinski definition) is 1. The number of ether oxygens (including phenoxy) is 1. The molecular weight excluding hydrogens is 332 g/mol. The van der Waals surface area contributed by atoms with Gasteiger partial charge in [-0.15, -0.1) is 5.10 Å². The monoisotopic (exact) mass is 358 g/mol. The molecule has 26 heavy (non-hydrogen) atoms. The fraction of sp³-hybridized carbons (Fsp3) is 0.556. The Hall–Kier alpha value is -2.64. The summed E-state index contributed by atoms with van der Waals surface area (Å²) < 4.78 is 6.96. The van der Waals surface area contributed by atoms with E-state index in [4.69, 9.17) is 4.74 Å². The summed E-state index contributed by atoms with van der Waals surface area (Å²) in [4.78, 5) is 14.4. The van der Waals surface area contributed by atoms with Crippen molar-refractivity contribution in [2.75, 3.05) is 20.7 Å². The maximum atomic E-state index is 12.6. The quantitative estimate of drug-likeness (QED) is 0.887. The van der Waals surface area contributed by atoms with Crippen molar-refractivity contribution in [2.24, 2.45) is 0 Å². The maximum Gasteiger partial charge on any atom is 0.317 e. The van der Waals surface area contributed by atoms with Crippen LogP contribution in [-0.4, -0.2) is 51.8 Å². The van der Waals surface area contributed by atoms with E-state index in [0.29, 0.717) is 12.4 Å². The average Bonchev–Trinajstić information content (AvgIpc) is 3.18. The van der Waals surface area contributed by atoms with Gasteiger partial charge in [-0.2, -0.15) is 4.68 Å². The summed E-state index contributed by atoms with van der Waals surface area (Å²) in [6.07, 6.45) is 4.93. The molecule has 140 valence electrons. The van der Waals surface area contributed by atoms with E-state index < -0.39 is 5.54 Å². The first kappa shape index (κ1) is 18.2.